The van der Waals surface area contributed by atoms with Crippen molar-refractivity contribution in [2.45, 2.75) is 38.3 Å². The minimum Gasteiger partial charge on any atom is -0.306 e. The van der Waals surface area contributed by atoms with Crippen LogP contribution in [-0.2, 0) is 6.54 Å². The molecule has 1 nitrogen and oxygen atoms in total. The Morgan fingerprint density at radius 3 is 2.80 bits per heavy atom. The van der Waals surface area contributed by atoms with Crippen molar-refractivity contribution < 1.29 is 0 Å². The highest BCUT2D eigenvalue weighted by Gasteiger charge is 2.31. The minimum absolute atomic E-state index is 0.571. The van der Waals surface area contributed by atoms with E-state index < -0.39 is 0 Å². The predicted octanol–water partition coefficient (Wildman–Crippen LogP) is 3.67. The van der Waals surface area contributed by atoms with Gasteiger partial charge in [-0.15, -0.1) is 0 Å². The zero-order chi connectivity index (χ0) is 10.3. The number of hydrogen-bond acceptors (Lipinski definition) is 1. The van der Waals surface area contributed by atoms with E-state index >= 15 is 0 Å². The lowest BCUT2D eigenvalue weighted by molar-refractivity contribution is 0.390. The number of halogens is 1. The normalized spacial score (nSPS) is 25.8. The summed E-state index contributed by atoms with van der Waals surface area (Å²) in [6.07, 6.45) is 5.56. The first-order valence-corrected chi connectivity index (χ1v) is 6.24. The number of fused-ring (bicyclic) bond motifs is 1. The van der Waals surface area contributed by atoms with Crippen LogP contribution in [-0.4, -0.2) is 0 Å². The molecule has 1 aromatic carbocycles. The van der Waals surface area contributed by atoms with Crippen LogP contribution < -0.4 is 5.32 Å². The molecule has 2 heteroatoms. The first-order chi connectivity index (χ1) is 7.34. The molecule has 0 spiro atoms. The van der Waals surface area contributed by atoms with Crippen LogP contribution in [0.25, 0.3) is 0 Å². The second kappa shape index (κ2) is 3.80. The van der Waals surface area contributed by atoms with Gasteiger partial charge in [-0.1, -0.05) is 30.5 Å². The molecule has 1 fully saturated rings. The molecule has 1 saturated carbocycles. The molecular formula is C13H16ClN. The maximum absolute atomic E-state index is 6.07. The summed E-state index contributed by atoms with van der Waals surface area (Å²) in [6.45, 7) is 1.02. The van der Waals surface area contributed by atoms with Gasteiger partial charge < -0.3 is 5.32 Å². The molecule has 0 amide bonds. The standard InChI is InChI=1S/C13H16ClN/c14-11-6-5-10-8-15-13(12(10)7-11)9-3-1-2-4-9/h5-7,9,13,15H,1-4,8H2. The highest BCUT2D eigenvalue weighted by Crippen LogP contribution is 2.40. The zero-order valence-corrected chi connectivity index (χ0v) is 9.56. The van der Waals surface area contributed by atoms with Crippen molar-refractivity contribution in [3.8, 4) is 0 Å². The maximum Gasteiger partial charge on any atom is 0.0409 e. The summed E-state index contributed by atoms with van der Waals surface area (Å²) < 4.78 is 0. The van der Waals surface area contributed by atoms with Crippen molar-refractivity contribution in [3.05, 3.63) is 34.3 Å². The third-order valence-electron chi connectivity index (χ3n) is 3.83. The fraction of sp³-hybridized carbons (Fsp3) is 0.538. The topological polar surface area (TPSA) is 12.0 Å². The average molecular weight is 222 g/mol. The van der Waals surface area contributed by atoms with Crippen molar-refractivity contribution in [3.63, 3.8) is 0 Å². The van der Waals surface area contributed by atoms with E-state index in [1.807, 2.05) is 6.07 Å². The van der Waals surface area contributed by atoms with E-state index in [1.54, 1.807) is 0 Å². The van der Waals surface area contributed by atoms with Crippen LogP contribution in [0.3, 0.4) is 0 Å². The van der Waals surface area contributed by atoms with Crippen LogP contribution >= 0.6 is 11.6 Å². The largest absolute Gasteiger partial charge is 0.306 e. The van der Waals surface area contributed by atoms with Gasteiger partial charge in [0.1, 0.15) is 0 Å². The Morgan fingerprint density at radius 1 is 1.20 bits per heavy atom. The average Bonchev–Trinajstić information content (AvgIpc) is 2.83. The quantitative estimate of drug-likeness (QED) is 0.763. The molecule has 1 N–H and O–H groups in total. The van der Waals surface area contributed by atoms with E-state index in [1.165, 1.54) is 36.8 Å². The SMILES string of the molecule is Clc1ccc2c(c1)C(C1CCCC1)NC2. The Labute approximate surface area is 95.8 Å². The van der Waals surface area contributed by atoms with E-state index in [0.717, 1.165) is 17.5 Å². The summed E-state index contributed by atoms with van der Waals surface area (Å²) in [4.78, 5) is 0. The summed E-state index contributed by atoms with van der Waals surface area (Å²) >= 11 is 6.07. The summed E-state index contributed by atoms with van der Waals surface area (Å²) in [5.41, 5.74) is 2.89. The van der Waals surface area contributed by atoms with Crippen molar-refractivity contribution in [2.75, 3.05) is 0 Å². The molecule has 80 valence electrons. The summed E-state index contributed by atoms with van der Waals surface area (Å²) in [5, 5.41) is 4.51. The Morgan fingerprint density at radius 2 is 2.00 bits per heavy atom. The van der Waals surface area contributed by atoms with Gasteiger partial charge in [0.25, 0.3) is 0 Å². The van der Waals surface area contributed by atoms with Gasteiger partial charge in [-0.05, 0) is 42.0 Å². The maximum atomic E-state index is 6.07. The molecule has 0 radical (unpaired) electrons. The molecule has 1 heterocycles. The first kappa shape index (κ1) is 9.68. The minimum atomic E-state index is 0.571. The number of hydrogen-bond donors (Lipinski definition) is 1. The Bertz CT molecular complexity index is 369. The van der Waals surface area contributed by atoms with Crippen molar-refractivity contribution >= 4 is 11.6 Å². The smallest absolute Gasteiger partial charge is 0.0409 e. The molecule has 2 aliphatic rings. The van der Waals surface area contributed by atoms with Crippen LogP contribution in [0.4, 0.5) is 0 Å². The van der Waals surface area contributed by atoms with Gasteiger partial charge >= 0.3 is 0 Å². The lowest BCUT2D eigenvalue weighted by Crippen LogP contribution is -2.19. The fourth-order valence-electron chi connectivity index (χ4n) is 3.06. The van der Waals surface area contributed by atoms with Gasteiger partial charge in [-0.3, -0.25) is 0 Å². The van der Waals surface area contributed by atoms with E-state index in [0.29, 0.717) is 6.04 Å². The zero-order valence-electron chi connectivity index (χ0n) is 8.80. The molecule has 1 aliphatic carbocycles. The Kier molecular flexibility index (Phi) is 2.45. The number of rotatable bonds is 1. The molecule has 15 heavy (non-hydrogen) atoms. The van der Waals surface area contributed by atoms with E-state index in [4.69, 9.17) is 11.6 Å². The number of benzene rings is 1. The van der Waals surface area contributed by atoms with Crippen LogP contribution in [0.5, 0.6) is 0 Å². The summed E-state index contributed by atoms with van der Waals surface area (Å²) in [6, 6.07) is 6.89. The van der Waals surface area contributed by atoms with Crippen LogP contribution in [0.15, 0.2) is 18.2 Å². The van der Waals surface area contributed by atoms with Gasteiger partial charge in [0.15, 0.2) is 0 Å². The van der Waals surface area contributed by atoms with Gasteiger partial charge in [-0.25, -0.2) is 0 Å². The molecular weight excluding hydrogens is 206 g/mol. The van der Waals surface area contributed by atoms with Crippen LogP contribution in [0, 0.1) is 5.92 Å². The molecule has 0 saturated heterocycles. The first-order valence-electron chi connectivity index (χ1n) is 5.86. The monoisotopic (exact) mass is 221 g/mol. The van der Waals surface area contributed by atoms with E-state index in [9.17, 15) is 0 Å². The van der Waals surface area contributed by atoms with Crippen LogP contribution in [0.1, 0.15) is 42.9 Å². The number of nitrogens with one attached hydrogen (secondary N) is 1. The third-order valence-corrected chi connectivity index (χ3v) is 4.06. The van der Waals surface area contributed by atoms with Gasteiger partial charge in [0.2, 0.25) is 0 Å². The fourth-order valence-corrected chi connectivity index (χ4v) is 3.24. The molecule has 1 atom stereocenters. The molecule has 1 aliphatic heterocycles. The molecule has 0 bridgehead atoms. The summed E-state index contributed by atoms with van der Waals surface area (Å²) in [5.74, 6) is 0.838. The Balaban J connectivity index is 1.92. The Hall–Kier alpha value is -0.530. The van der Waals surface area contributed by atoms with E-state index in [2.05, 4.69) is 17.4 Å². The second-order valence-electron chi connectivity index (χ2n) is 4.75. The summed E-state index contributed by atoms with van der Waals surface area (Å²) in [7, 11) is 0. The van der Waals surface area contributed by atoms with Gasteiger partial charge in [0.05, 0.1) is 0 Å². The molecule has 1 aromatic rings. The molecule has 0 aromatic heterocycles. The van der Waals surface area contributed by atoms with Crippen molar-refractivity contribution in [1.29, 1.82) is 0 Å². The lowest BCUT2D eigenvalue weighted by atomic mass is 9.92. The highest BCUT2D eigenvalue weighted by molar-refractivity contribution is 6.30. The third kappa shape index (κ3) is 1.68. The van der Waals surface area contributed by atoms with Gasteiger partial charge in [-0.2, -0.15) is 0 Å². The molecule has 3 rings (SSSR count). The van der Waals surface area contributed by atoms with Crippen molar-refractivity contribution in [1.82, 2.24) is 5.32 Å². The highest BCUT2D eigenvalue weighted by atomic mass is 35.5. The van der Waals surface area contributed by atoms with Crippen molar-refractivity contribution in [2.24, 2.45) is 5.92 Å². The molecule has 1 unspecified atom stereocenters. The van der Waals surface area contributed by atoms with Gasteiger partial charge in [0, 0.05) is 17.6 Å². The van der Waals surface area contributed by atoms with E-state index in [-0.39, 0.29) is 0 Å². The predicted molar refractivity (Wildman–Crippen MR) is 63.0 cm³/mol. The second-order valence-corrected chi connectivity index (χ2v) is 5.18. The lowest BCUT2D eigenvalue weighted by Gasteiger charge is -2.19. The van der Waals surface area contributed by atoms with Crippen LogP contribution in [0.2, 0.25) is 5.02 Å².